The van der Waals surface area contributed by atoms with Crippen molar-refractivity contribution in [3.8, 4) is 0 Å². The molecule has 2 rings (SSSR count). The molecule has 0 aliphatic carbocycles. The summed E-state index contributed by atoms with van der Waals surface area (Å²) < 4.78 is 0. The smallest absolute Gasteiger partial charge is 0.141 e. The van der Waals surface area contributed by atoms with Crippen LogP contribution in [0.25, 0.3) is 0 Å². The normalized spacial score (nSPS) is 10.9. The second kappa shape index (κ2) is 7.89. The quantitative estimate of drug-likeness (QED) is 0.753. The third kappa shape index (κ3) is 5.06. The molecule has 18 heavy (non-hydrogen) atoms. The van der Waals surface area contributed by atoms with E-state index < -0.39 is 6.61 Å². The average molecular weight is 307 g/mol. The maximum atomic E-state index is 2.23. The standard InChI is InChI=1S/C14H18S2Si2/c17-18(15-11-13-7-3-1-4-8-13)16-12-14-9-5-2-6-10-14/h1-10,18H,11-12H2,17H3. The highest BCUT2D eigenvalue weighted by molar-refractivity contribution is 8.57. The minimum atomic E-state index is -0.570. The summed E-state index contributed by atoms with van der Waals surface area (Å²) in [5.74, 6) is 2.39. The van der Waals surface area contributed by atoms with Gasteiger partial charge < -0.3 is 0 Å². The van der Waals surface area contributed by atoms with E-state index in [4.69, 9.17) is 0 Å². The molecule has 0 nitrogen and oxygen atoms in total. The van der Waals surface area contributed by atoms with E-state index in [1.54, 1.807) is 0 Å². The van der Waals surface area contributed by atoms with Gasteiger partial charge in [0.25, 0.3) is 0 Å². The minimum absolute atomic E-state index is 0.570. The molecule has 0 bridgehead atoms. The third-order valence-electron chi connectivity index (χ3n) is 2.66. The summed E-state index contributed by atoms with van der Waals surface area (Å²) in [6.07, 6.45) is 0. The van der Waals surface area contributed by atoms with Gasteiger partial charge in [0.05, 0.1) is 0 Å². The molecule has 0 aliphatic rings. The van der Waals surface area contributed by atoms with Crippen LogP contribution in [0, 0.1) is 0 Å². The molecule has 0 N–H and O–H groups in total. The van der Waals surface area contributed by atoms with Crippen molar-refractivity contribution in [3.63, 3.8) is 0 Å². The van der Waals surface area contributed by atoms with Crippen molar-refractivity contribution in [2.24, 2.45) is 0 Å². The lowest BCUT2D eigenvalue weighted by Crippen LogP contribution is -2.03. The zero-order chi connectivity index (χ0) is 12.6. The molecule has 0 aromatic heterocycles. The third-order valence-corrected chi connectivity index (χ3v) is 16.9. The van der Waals surface area contributed by atoms with Crippen molar-refractivity contribution in [2.45, 2.75) is 11.5 Å². The summed E-state index contributed by atoms with van der Waals surface area (Å²) in [4.78, 5) is 0. The highest BCUT2D eigenvalue weighted by Gasteiger charge is 2.05. The largest absolute Gasteiger partial charge is 0.176 e. The molecule has 0 saturated carbocycles. The molecule has 0 fully saturated rings. The summed E-state index contributed by atoms with van der Waals surface area (Å²) in [6.45, 7) is -0.570. The molecule has 2 aromatic rings. The highest BCUT2D eigenvalue weighted by Crippen LogP contribution is 2.23. The zero-order valence-electron chi connectivity index (χ0n) is 10.6. The van der Waals surface area contributed by atoms with Crippen LogP contribution in [-0.4, -0.2) is 16.4 Å². The molecule has 0 radical (unpaired) electrons. The molecule has 0 unspecified atom stereocenters. The SMILES string of the molecule is [SiH3][SiH](SCc1ccccc1)SCc1ccccc1. The Bertz CT molecular complexity index is 404. The second-order valence-electron chi connectivity index (χ2n) is 4.16. The van der Waals surface area contributed by atoms with E-state index >= 15 is 0 Å². The van der Waals surface area contributed by atoms with Crippen LogP contribution in [0.5, 0.6) is 0 Å². The maximum absolute atomic E-state index is 2.23. The van der Waals surface area contributed by atoms with E-state index in [-0.39, 0.29) is 0 Å². The Labute approximate surface area is 122 Å². The van der Waals surface area contributed by atoms with Crippen LogP contribution in [0.15, 0.2) is 60.7 Å². The van der Waals surface area contributed by atoms with Crippen molar-refractivity contribution >= 4 is 38.8 Å². The van der Waals surface area contributed by atoms with Gasteiger partial charge in [-0.3, -0.25) is 0 Å². The van der Waals surface area contributed by atoms with Gasteiger partial charge in [-0.1, -0.05) is 60.7 Å². The van der Waals surface area contributed by atoms with E-state index in [1.807, 2.05) is 0 Å². The molecule has 0 amide bonds. The van der Waals surface area contributed by atoms with Crippen LogP contribution in [0.1, 0.15) is 11.1 Å². The fourth-order valence-electron chi connectivity index (χ4n) is 1.62. The first kappa shape index (κ1) is 14.0. The Morgan fingerprint density at radius 2 is 1.11 bits per heavy atom. The number of hydrogen-bond acceptors (Lipinski definition) is 2. The van der Waals surface area contributed by atoms with Crippen LogP contribution in [0.2, 0.25) is 0 Å². The molecule has 0 heterocycles. The molecular formula is C14H18S2Si2. The van der Waals surface area contributed by atoms with Crippen molar-refractivity contribution in [2.75, 3.05) is 0 Å². The molecule has 94 valence electrons. The van der Waals surface area contributed by atoms with Gasteiger partial charge in [0.1, 0.15) is 6.61 Å². The van der Waals surface area contributed by atoms with Crippen LogP contribution in [0.4, 0.5) is 0 Å². The lowest BCUT2D eigenvalue weighted by Gasteiger charge is -2.09. The first-order valence-corrected chi connectivity index (χ1v) is 15.7. The van der Waals surface area contributed by atoms with Gasteiger partial charge >= 0.3 is 0 Å². The summed E-state index contributed by atoms with van der Waals surface area (Å²) in [7, 11) is 1.38. The summed E-state index contributed by atoms with van der Waals surface area (Å²) in [5.41, 5.74) is 2.94. The van der Waals surface area contributed by atoms with Crippen LogP contribution in [-0.2, 0) is 11.5 Å². The number of hydrogen-bond donors (Lipinski definition) is 0. The zero-order valence-corrected chi connectivity index (χ0v) is 15.4. The van der Waals surface area contributed by atoms with Gasteiger partial charge in [0, 0.05) is 21.3 Å². The fraction of sp³-hybridized carbons (Fsp3) is 0.143. The molecule has 0 spiro atoms. The molecule has 0 atom stereocenters. The Morgan fingerprint density at radius 3 is 1.50 bits per heavy atom. The van der Waals surface area contributed by atoms with Crippen LogP contribution < -0.4 is 0 Å². The maximum Gasteiger partial charge on any atom is 0.141 e. The van der Waals surface area contributed by atoms with Gasteiger partial charge in [-0.15, -0.1) is 0 Å². The Morgan fingerprint density at radius 1 is 0.722 bits per heavy atom. The van der Waals surface area contributed by atoms with E-state index in [9.17, 15) is 0 Å². The van der Waals surface area contributed by atoms with Crippen LogP contribution >= 0.6 is 22.4 Å². The molecule has 2 aromatic carbocycles. The van der Waals surface area contributed by atoms with Gasteiger partial charge in [0.15, 0.2) is 0 Å². The van der Waals surface area contributed by atoms with Gasteiger partial charge in [-0.2, -0.15) is 22.4 Å². The van der Waals surface area contributed by atoms with E-state index in [0.29, 0.717) is 0 Å². The van der Waals surface area contributed by atoms with Crippen LogP contribution in [0.3, 0.4) is 0 Å². The first-order chi connectivity index (χ1) is 8.84. The summed E-state index contributed by atoms with van der Waals surface area (Å²) in [5, 5.41) is 0. The van der Waals surface area contributed by atoms with Crippen molar-refractivity contribution in [1.29, 1.82) is 0 Å². The summed E-state index contributed by atoms with van der Waals surface area (Å²) >= 11 is 4.42. The second-order valence-corrected chi connectivity index (χ2v) is 22.2. The Balaban J connectivity index is 1.71. The average Bonchev–Trinajstić information content (AvgIpc) is 2.45. The topological polar surface area (TPSA) is 0 Å². The van der Waals surface area contributed by atoms with E-state index in [0.717, 1.165) is 0 Å². The number of rotatable bonds is 6. The fourth-order valence-corrected chi connectivity index (χ4v) is 10.9. The Kier molecular flexibility index (Phi) is 6.13. The van der Waals surface area contributed by atoms with Gasteiger partial charge in [-0.25, -0.2) is 0 Å². The molecular weight excluding hydrogens is 288 g/mol. The molecule has 0 saturated heterocycles. The molecule has 4 heteroatoms. The van der Waals surface area contributed by atoms with Gasteiger partial charge in [-0.05, 0) is 11.1 Å². The lowest BCUT2D eigenvalue weighted by molar-refractivity contribution is 1.42. The van der Waals surface area contributed by atoms with E-state index in [2.05, 4.69) is 83.1 Å². The van der Waals surface area contributed by atoms with Crippen molar-refractivity contribution in [3.05, 3.63) is 71.8 Å². The lowest BCUT2D eigenvalue weighted by atomic mass is 10.2. The van der Waals surface area contributed by atoms with E-state index in [1.165, 1.54) is 32.4 Å². The minimum Gasteiger partial charge on any atom is -0.176 e. The van der Waals surface area contributed by atoms with Crippen molar-refractivity contribution < 1.29 is 0 Å². The number of benzene rings is 2. The van der Waals surface area contributed by atoms with Crippen molar-refractivity contribution in [1.82, 2.24) is 0 Å². The predicted octanol–water partition coefficient (Wildman–Crippen LogP) is 2.94. The Hall–Kier alpha value is -0.426. The highest BCUT2D eigenvalue weighted by atomic mass is 32.6. The van der Waals surface area contributed by atoms with Gasteiger partial charge in [0.2, 0.25) is 0 Å². The monoisotopic (exact) mass is 306 g/mol. The summed E-state index contributed by atoms with van der Waals surface area (Å²) in [6, 6.07) is 21.7. The first-order valence-electron chi connectivity index (χ1n) is 6.15. The molecule has 0 aliphatic heterocycles. The predicted molar refractivity (Wildman–Crippen MR) is 92.6 cm³/mol.